The van der Waals surface area contributed by atoms with Crippen molar-refractivity contribution in [2.75, 3.05) is 41.4 Å². The molecule has 10 heteroatoms. The van der Waals surface area contributed by atoms with Crippen LogP contribution >= 0.6 is 11.6 Å². The zero-order chi connectivity index (χ0) is 21.9. The molecule has 2 aromatic heterocycles. The SMILES string of the molecule is Cc1c(C=NNc2nc(N3CCCC3)nc(N3CCCC3)n2)c(Cl)nn1-c1ccccc1. The van der Waals surface area contributed by atoms with Crippen LogP contribution in [0.25, 0.3) is 5.69 Å². The van der Waals surface area contributed by atoms with Crippen molar-refractivity contribution in [1.29, 1.82) is 0 Å². The molecule has 0 aliphatic carbocycles. The van der Waals surface area contributed by atoms with Gasteiger partial charge in [0.05, 0.1) is 23.2 Å². The largest absolute Gasteiger partial charge is 0.341 e. The number of aromatic nitrogens is 5. The third kappa shape index (κ3) is 4.25. The minimum atomic E-state index is 0.392. The third-order valence-corrected chi connectivity index (χ3v) is 6.15. The van der Waals surface area contributed by atoms with Gasteiger partial charge in [0.15, 0.2) is 5.15 Å². The Morgan fingerprint density at radius 2 is 1.50 bits per heavy atom. The molecule has 166 valence electrons. The van der Waals surface area contributed by atoms with Crippen LogP contribution in [-0.2, 0) is 0 Å². The molecule has 0 spiro atoms. The van der Waals surface area contributed by atoms with Gasteiger partial charge < -0.3 is 9.80 Å². The quantitative estimate of drug-likeness (QED) is 0.452. The summed E-state index contributed by atoms with van der Waals surface area (Å²) in [4.78, 5) is 18.4. The molecule has 0 unspecified atom stereocenters. The van der Waals surface area contributed by atoms with Crippen LogP contribution in [-0.4, -0.2) is 57.1 Å². The summed E-state index contributed by atoms with van der Waals surface area (Å²) in [5, 5.41) is 9.21. The second-order valence-electron chi connectivity index (χ2n) is 8.05. The number of para-hydroxylation sites is 1. The van der Waals surface area contributed by atoms with Crippen molar-refractivity contribution >= 4 is 35.7 Å². The Morgan fingerprint density at radius 1 is 0.906 bits per heavy atom. The van der Waals surface area contributed by atoms with Gasteiger partial charge in [-0.1, -0.05) is 29.8 Å². The number of hydrogen-bond acceptors (Lipinski definition) is 8. The van der Waals surface area contributed by atoms with E-state index in [0.717, 1.165) is 68.8 Å². The zero-order valence-electron chi connectivity index (χ0n) is 18.1. The summed E-state index contributed by atoms with van der Waals surface area (Å²) >= 11 is 6.40. The number of nitrogens with one attached hydrogen (secondary N) is 1. The molecule has 1 N–H and O–H groups in total. The van der Waals surface area contributed by atoms with Gasteiger partial charge in [0.25, 0.3) is 0 Å². The predicted octanol–water partition coefficient (Wildman–Crippen LogP) is 3.67. The highest BCUT2D eigenvalue weighted by Gasteiger charge is 2.21. The normalized spacial score (nSPS) is 16.4. The van der Waals surface area contributed by atoms with Gasteiger partial charge in [-0.05, 0) is 44.7 Å². The highest BCUT2D eigenvalue weighted by Crippen LogP contribution is 2.23. The molecule has 0 radical (unpaired) electrons. The Balaban J connectivity index is 1.39. The summed E-state index contributed by atoms with van der Waals surface area (Å²) in [5.41, 5.74) is 5.58. The van der Waals surface area contributed by atoms with Gasteiger partial charge in [-0.3, -0.25) is 0 Å². The molecule has 0 atom stereocenters. The Morgan fingerprint density at radius 3 is 2.09 bits per heavy atom. The van der Waals surface area contributed by atoms with E-state index in [1.807, 2.05) is 41.9 Å². The minimum Gasteiger partial charge on any atom is -0.341 e. The lowest BCUT2D eigenvalue weighted by molar-refractivity contribution is 0.838. The molecule has 9 nitrogen and oxygen atoms in total. The van der Waals surface area contributed by atoms with Crippen molar-refractivity contribution in [3.63, 3.8) is 0 Å². The maximum absolute atomic E-state index is 6.40. The summed E-state index contributed by atoms with van der Waals surface area (Å²) in [6.07, 6.45) is 6.31. The highest BCUT2D eigenvalue weighted by atomic mass is 35.5. The van der Waals surface area contributed by atoms with Gasteiger partial charge in [0, 0.05) is 26.2 Å². The van der Waals surface area contributed by atoms with Gasteiger partial charge in [0.1, 0.15) is 0 Å². The van der Waals surface area contributed by atoms with Gasteiger partial charge in [-0.15, -0.1) is 0 Å². The van der Waals surface area contributed by atoms with Crippen LogP contribution in [0.4, 0.5) is 17.8 Å². The molecule has 2 aliphatic rings. The molecule has 3 aromatic rings. The smallest absolute Gasteiger partial charge is 0.250 e. The van der Waals surface area contributed by atoms with Crippen molar-refractivity contribution < 1.29 is 0 Å². The van der Waals surface area contributed by atoms with Crippen LogP contribution in [0.3, 0.4) is 0 Å². The van der Waals surface area contributed by atoms with E-state index < -0.39 is 0 Å². The molecule has 0 bridgehead atoms. The van der Waals surface area contributed by atoms with E-state index in [2.05, 4.69) is 35.4 Å². The number of halogens is 1. The van der Waals surface area contributed by atoms with Crippen molar-refractivity contribution in [3.05, 3.63) is 46.7 Å². The molecule has 2 saturated heterocycles. The molecule has 5 rings (SSSR count). The van der Waals surface area contributed by atoms with E-state index in [1.54, 1.807) is 6.21 Å². The molecule has 32 heavy (non-hydrogen) atoms. The first kappa shape index (κ1) is 20.7. The first-order chi connectivity index (χ1) is 15.7. The number of rotatable bonds is 6. The fourth-order valence-corrected chi connectivity index (χ4v) is 4.38. The van der Waals surface area contributed by atoms with E-state index in [9.17, 15) is 0 Å². The number of hydrogen-bond donors (Lipinski definition) is 1. The summed E-state index contributed by atoms with van der Waals surface area (Å²) in [7, 11) is 0. The summed E-state index contributed by atoms with van der Waals surface area (Å²) in [6.45, 7) is 5.85. The summed E-state index contributed by atoms with van der Waals surface area (Å²) < 4.78 is 1.81. The van der Waals surface area contributed by atoms with Crippen molar-refractivity contribution in [2.24, 2.45) is 5.10 Å². The molecule has 0 saturated carbocycles. The second-order valence-corrected chi connectivity index (χ2v) is 8.41. The Hall–Kier alpha value is -3.20. The third-order valence-electron chi connectivity index (χ3n) is 5.87. The van der Waals surface area contributed by atoms with Crippen LogP contribution in [0.1, 0.15) is 36.9 Å². The standard InChI is InChI=1S/C22H26ClN9/c1-16-18(19(23)29-32(16)17-9-3-2-4-10-17)15-24-28-20-25-21(30-11-5-6-12-30)27-22(26-20)31-13-7-8-14-31/h2-4,9-10,15H,5-8,11-14H2,1H3,(H,25,26,27,28). The molecule has 0 amide bonds. The average Bonchev–Trinajstić information content (AvgIpc) is 3.58. The van der Waals surface area contributed by atoms with E-state index in [4.69, 9.17) is 16.6 Å². The lowest BCUT2D eigenvalue weighted by atomic mass is 10.2. The first-order valence-corrected chi connectivity index (χ1v) is 11.4. The van der Waals surface area contributed by atoms with Gasteiger partial charge >= 0.3 is 0 Å². The maximum Gasteiger partial charge on any atom is 0.250 e. The van der Waals surface area contributed by atoms with Crippen molar-refractivity contribution in [2.45, 2.75) is 32.6 Å². The average molecular weight is 452 g/mol. The lowest BCUT2D eigenvalue weighted by Gasteiger charge is -2.20. The Labute approximate surface area is 192 Å². The van der Waals surface area contributed by atoms with E-state index in [0.29, 0.717) is 23.0 Å². The number of benzene rings is 1. The van der Waals surface area contributed by atoms with Crippen molar-refractivity contribution in [1.82, 2.24) is 24.7 Å². The van der Waals surface area contributed by atoms with E-state index in [-0.39, 0.29) is 0 Å². The van der Waals surface area contributed by atoms with Gasteiger partial charge in [0.2, 0.25) is 17.8 Å². The minimum absolute atomic E-state index is 0.392. The number of hydrazone groups is 1. The van der Waals surface area contributed by atoms with Crippen LogP contribution in [0.2, 0.25) is 5.15 Å². The molecule has 2 fully saturated rings. The summed E-state index contributed by atoms with van der Waals surface area (Å²) in [6, 6.07) is 9.88. The number of anilines is 3. The lowest BCUT2D eigenvalue weighted by Crippen LogP contribution is -2.25. The number of nitrogens with zero attached hydrogens (tertiary/aromatic N) is 8. The molecule has 2 aliphatic heterocycles. The predicted molar refractivity (Wildman–Crippen MR) is 127 cm³/mol. The van der Waals surface area contributed by atoms with Crippen LogP contribution < -0.4 is 15.2 Å². The fourth-order valence-electron chi connectivity index (χ4n) is 4.12. The molecule has 1 aromatic carbocycles. The van der Waals surface area contributed by atoms with Gasteiger partial charge in [-0.2, -0.15) is 25.2 Å². The van der Waals surface area contributed by atoms with Crippen LogP contribution in [0, 0.1) is 6.92 Å². The van der Waals surface area contributed by atoms with E-state index in [1.165, 1.54) is 0 Å². The summed E-state index contributed by atoms with van der Waals surface area (Å²) in [5.74, 6) is 1.86. The van der Waals surface area contributed by atoms with Crippen LogP contribution in [0.15, 0.2) is 35.4 Å². The van der Waals surface area contributed by atoms with Crippen LogP contribution in [0.5, 0.6) is 0 Å². The molecular formula is C22H26ClN9. The first-order valence-electron chi connectivity index (χ1n) is 11.0. The Kier molecular flexibility index (Phi) is 5.89. The second kappa shape index (κ2) is 9.12. The maximum atomic E-state index is 6.40. The fraction of sp³-hybridized carbons (Fsp3) is 0.409. The highest BCUT2D eigenvalue weighted by molar-refractivity contribution is 6.32. The monoisotopic (exact) mass is 451 g/mol. The van der Waals surface area contributed by atoms with Crippen molar-refractivity contribution in [3.8, 4) is 5.69 Å². The topological polar surface area (TPSA) is 87.4 Å². The zero-order valence-corrected chi connectivity index (χ0v) is 18.8. The van der Waals surface area contributed by atoms with Gasteiger partial charge in [-0.25, -0.2) is 10.1 Å². The Bertz CT molecular complexity index is 1070. The molecule has 4 heterocycles. The van der Waals surface area contributed by atoms with E-state index >= 15 is 0 Å². The molecular weight excluding hydrogens is 426 g/mol.